The molecule has 3 nitrogen and oxygen atoms in total. The predicted octanol–water partition coefficient (Wildman–Crippen LogP) is 5.70. The number of hydrogen-bond acceptors (Lipinski definition) is 3. The minimum absolute atomic E-state index is 0.145. The van der Waals surface area contributed by atoms with E-state index in [4.69, 9.17) is 21.4 Å². The second kappa shape index (κ2) is 7.22. The second-order valence-corrected chi connectivity index (χ2v) is 6.66. The zero-order valence-electron chi connectivity index (χ0n) is 14.5. The summed E-state index contributed by atoms with van der Waals surface area (Å²) >= 11 is 6.07. The number of rotatable bonds is 4. The number of para-hydroxylation sites is 1. The third-order valence-electron chi connectivity index (χ3n) is 4.61. The van der Waals surface area contributed by atoms with Crippen molar-refractivity contribution in [3.63, 3.8) is 0 Å². The van der Waals surface area contributed by atoms with Crippen LogP contribution in [0.3, 0.4) is 0 Å². The SMILES string of the molecule is COc1ccc(C2=NN(c3ccccc3)C(c3ccc(Cl)cc3)C2)cc1. The Bertz CT molecular complexity index is 905. The van der Waals surface area contributed by atoms with E-state index in [9.17, 15) is 0 Å². The summed E-state index contributed by atoms with van der Waals surface area (Å²) < 4.78 is 5.26. The standard InChI is InChI=1S/C22H19ClN2O/c1-26-20-13-9-16(10-14-20)21-15-22(17-7-11-18(23)12-8-17)25(24-21)19-5-3-2-4-6-19/h2-14,22H,15H2,1H3. The molecule has 26 heavy (non-hydrogen) atoms. The number of methoxy groups -OCH3 is 1. The highest BCUT2D eigenvalue weighted by Crippen LogP contribution is 2.37. The molecule has 1 aliphatic heterocycles. The van der Waals surface area contributed by atoms with Crippen LogP contribution in [0.1, 0.15) is 23.6 Å². The van der Waals surface area contributed by atoms with Crippen molar-refractivity contribution in [2.75, 3.05) is 12.1 Å². The first-order valence-corrected chi connectivity index (χ1v) is 8.94. The van der Waals surface area contributed by atoms with Crippen molar-refractivity contribution in [1.29, 1.82) is 0 Å². The number of ether oxygens (including phenoxy) is 1. The van der Waals surface area contributed by atoms with Crippen LogP contribution < -0.4 is 9.75 Å². The Hall–Kier alpha value is -2.78. The summed E-state index contributed by atoms with van der Waals surface area (Å²) in [6.45, 7) is 0. The first-order valence-electron chi connectivity index (χ1n) is 8.56. The topological polar surface area (TPSA) is 24.8 Å². The van der Waals surface area contributed by atoms with E-state index in [1.165, 1.54) is 5.56 Å². The molecule has 3 aromatic carbocycles. The third-order valence-corrected chi connectivity index (χ3v) is 4.86. The van der Waals surface area contributed by atoms with E-state index in [0.717, 1.165) is 34.2 Å². The fraction of sp³-hybridized carbons (Fsp3) is 0.136. The van der Waals surface area contributed by atoms with Crippen molar-refractivity contribution in [2.45, 2.75) is 12.5 Å². The van der Waals surface area contributed by atoms with Crippen LogP contribution in [0.25, 0.3) is 0 Å². The van der Waals surface area contributed by atoms with Gasteiger partial charge >= 0.3 is 0 Å². The molecule has 0 spiro atoms. The van der Waals surface area contributed by atoms with Crippen LogP contribution >= 0.6 is 11.6 Å². The van der Waals surface area contributed by atoms with Crippen molar-refractivity contribution in [3.05, 3.63) is 95.0 Å². The Morgan fingerprint density at radius 1 is 0.923 bits per heavy atom. The Labute approximate surface area is 158 Å². The monoisotopic (exact) mass is 362 g/mol. The molecule has 3 aromatic rings. The number of benzene rings is 3. The predicted molar refractivity (Wildman–Crippen MR) is 107 cm³/mol. The molecule has 1 atom stereocenters. The molecule has 4 rings (SSSR count). The zero-order chi connectivity index (χ0) is 17.9. The lowest BCUT2D eigenvalue weighted by atomic mass is 9.98. The highest BCUT2D eigenvalue weighted by atomic mass is 35.5. The van der Waals surface area contributed by atoms with Gasteiger partial charge in [-0.05, 0) is 59.7 Å². The van der Waals surface area contributed by atoms with E-state index in [1.807, 2.05) is 42.5 Å². The van der Waals surface area contributed by atoms with Crippen molar-refractivity contribution >= 4 is 23.0 Å². The summed E-state index contributed by atoms with van der Waals surface area (Å²) in [4.78, 5) is 0. The average Bonchev–Trinajstić information content (AvgIpc) is 3.15. The van der Waals surface area contributed by atoms with Gasteiger partial charge in [0, 0.05) is 11.4 Å². The Morgan fingerprint density at radius 3 is 2.27 bits per heavy atom. The number of hydrogen-bond donors (Lipinski definition) is 0. The fourth-order valence-electron chi connectivity index (χ4n) is 3.23. The molecule has 130 valence electrons. The van der Waals surface area contributed by atoms with Gasteiger partial charge < -0.3 is 4.74 Å². The van der Waals surface area contributed by atoms with Gasteiger partial charge in [-0.2, -0.15) is 5.10 Å². The molecule has 0 N–H and O–H groups in total. The van der Waals surface area contributed by atoms with Gasteiger partial charge in [-0.1, -0.05) is 41.9 Å². The molecule has 0 aliphatic carbocycles. The normalized spacial score (nSPS) is 16.5. The number of halogens is 1. The molecular weight excluding hydrogens is 344 g/mol. The van der Waals surface area contributed by atoms with E-state index < -0.39 is 0 Å². The van der Waals surface area contributed by atoms with Crippen molar-refractivity contribution in [3.8, 4) is 5.75 Å². The number of anilines is 1. The lowest BCUT2D eigenvalue weighted by Gasteiger charge is -2.24. The minimum atomic E-state index is 0.145. The quantitative estimate of drug-likeness (QED) is 0.594. The molecular formula is C22H19ClN2O. The van der Waals surface area contributed by atoms with E-state index in [0.29, 0.717) is 0 Å². The largest absolute Gasteiger partial charge is 0.497 e. The molecule has 1 unspecified atom stereocenters. The van der Waals surface area contributed by atoms with E-state index in [1.54, 1.807) is 7.11 Å². The van der Waals surface area contributed by atoms with Gasteiger partial charge in [0.1, 0.15) is 5.75 Å². The highest BCUT2D eigenvalue weighted by Gasteiger charge is 2.29. The molecule has 0 aromatic heterocycles. The molecule has 0 saturated heterocycles. The molecule has 4 heteroatoms. The van der Waals surface area contributed by atoms with Crippen LogP contribution in [0.2, 0.25) is 5.02 Å². The smallest absolute Gasteiger partial charge is 0.118 e. The summed E-state index contributed by atoms with van der Waals surface area (Å²) in [5.41, 5.74) is 4.46. The highest BCUT2D eigenvalue weighted by molar-refractivity contribution is 6.30. The minimum Gasteiger partial charge on any atom is -0.497 e. The van der Waals surface area contributed by atoms with E-state index in [-0.39, 0.29) is 6.04 Å². The average molecular weight is 363 g/mol. The van der Waals surface area contributed by atoms with Crippen molar-refractivity contribution in [1.82, 2.24) is 0 Å². The number of nitrogens with zero attached hydrogens (tertiary/aromatic N) is 2. The van der Waals surface area contributed by atoms with Gasteiger partial charge in [0.25, 0.3) is 0 Å². The van der Waals surface area contributed by atoms with Crippen LogP contribution in [-0.2, 0) is 0 Å². The Kier molecular flexibility index (Phi) is 4.63. The van der Waals surface area contributed by atoms with Crippen molar-refractivity contribution in [2.24, 2.45) is 5.10 Å². The number of hydrazone groups is 1. The molecule has 0 bridgehead atoms. The van der Waals surface area contributed by atoms with Crippen LogP contribution in [0.4, 0.5) is 5.69 Å². The first-order chi connectivity index (χ1) is 12.7. The van der Waals surface area contributed by atoms with Gasteiger partial charge in [0.15, 0.2) is 0 Å². The summed E-state index contributed by atoms with van der Waals surface area (Å²) in [6.07, 6.45) is 0.836. The van der Waals surface area contributed by atoms with Crippen LogP contribution in [-0.4, -0.2) is 12.8 Å². The molecule has 0 saturated carbocycles. The van der Waals surface area contributed by atoms with Crippen LogP contribution in [0, 0.1) is 0 Å². The van der Waals surface area contributed by atoms with Gasteiger partial charge in [-0.15, -0.1) is 0 Å². The van der Waals surface area contributed by atoms with Crippen LogP contribution in [0.15, 0.2) is 84.0 Å². The third kappa shape index (κ3) is 3.31. The maximum absolute atomic E-state index is 6.07. The molecule has 1 heterocycles. The molecule has 0 radical (unpaired) electrons. The second-order valence-electron chi connectivity index (χ2n) is 6.23. The summed E-state index contributed by atoms with van der Waals surface area (Å²) in [5, 5.41) is 7.79. The van der Waals surface area contributed by atoms with Crippen molar-refractivity contribution < 1.29 is 4.74 Å². The zero-order valence-corrected chi connectivity index (χ0v) is 15.2. The van der Waals surface area contributed by atoms with Crippen LogP contribution in [0.5, 0.6) is 5.75 Å². The van der Waals surface area contributed by atoms with Gasteiger partial charge in [0.05, 0.1) is 24.6 Å². The summed E-state index contributed by atoms with van der Waals surface area (Å²) in [5.74, 6) is 0.849. The summed E-state index contributed by atoms with van der Waals surface area (Å²) in [6, 6.07) is 26.5. The maximum Gasteiger partial charge on any atom is 0.118 e. The van der Waals surface area contributed by atoms with Gasteiger partial charge in [0.2, 0.25) is 0 Å². The Balaban J connectivity index is 1.71. The maximum atomic E-state index is 6.07. The molecule has 0 fully saturated rings. The molecule has 0 amide bonds. The van der Waals surface area contributed by atoms with Gasteiger partial charge in [-0.25, -0.2) is 0 Å². The van der Waals surface area contributed by atoms with E-state index >= 15 is 0 Å². The van der Waals surface area contributed by atoms with E-state index in [2.05, 4.69) is 41.4 Å². The molecule has 1 aliphatic rings. The summed E-state index contributed by atoms with van der Waals surface area (Å²) in [7, 11) is 1.68. The lowest BCUT2D eigenvalue weighted by Crippen LogP contribution is -2.18. The lowest BCUT2D eigenvalue weighted by molar-refractivity contribution is 0.415. The van der Waals surface area contributed by atoms with Gasteiger partial charge in [-0.3, -0.25) is 5.01 Å². The first kappa shape index (κ1) is 16.7. The Morgan fingerprint density at radius 2 is 1.62 bits per heavy atom. The fourth-order valence-corrected chi connectivity index (χ4v) is 3.36.